The normalized spacial score (nSPS) is 24.9. The van der Waals surface area contributed by atoms with E-state index in [1.54, 1.807) is 18.7 Å². The topological polar surface area (TPSA) is 52.6 Å². The first-order chi connectivity index (χ1) is 8.33. The molecule has 0 radical (unpaired) electrons. The highest BCUT2D eigenvalue weighted by molar-refractivity contribution is 5.77. The smallest absolute Gasteiger partial charge is 0.224 e. The van der Waals surface area contributed by atoms with Gasteiger partial charge in [-0.3, -0.25) is 4.79 Å². The van der Waals surface area contributed by atoms with Gasteiger partial charge in [0.1, 0.15) is 0 Å². The maximum atomic E-state index is 12.2. The first kappa shape index (κ1) is 15.4. The van der Waals surface area contributed by atoms with Gasteiger partial charge in [-0.2, -0.15) is 0 Å². The van der Waals surface area contributed by atoms with Gasteiger partial charge in [-0.05, 0) is 46.1 Å². The van der Waals surface area contributed by atoms with Gasteiger partial charge in [0.05, 0.1) is 5.60 Å². The second kappa shape index (κ2) is 6.53. The SMILES string of the molecule is CCN(CC(C)(C)O)C(=O)CC1NCCCC1C. The molecular formula is C14H28N2O2. The lowest BCUT2D eigenvalue weighted by Gasteiger charge is -2.33. The van der Waals surface area contributed by atoms with E-state index in [0.717, 1.165) is 6.54 Å². The Morgan fingerprint density at radius 3 is 2.67 bits per heavy atom. The van der Waals surface area contributed by atoms with Crippen LogP contribution in [-0.4, -0.2) is 47.2 Å². The zero-order valence-electron chi connectivity index (χ0n) is 12.2. The summed E-state index contributed by atoms with van der Waals surface area (Å²) in [4.78, 5) is 14.0. The molecule has 0 aromatic rings. The number of rotatable bonds is 5. The number of carbonyl (C=O) groups is 1. The Kier molecular flexibility index (Phi) is 5.60. The molecule has 106 valence electrons. The molecule has 0 spiro atoms. The van der Waals surface area contributed by atoms with Crippen LogP contribution >= 0.6 is 0 Å². The fourth-order valence-corrected chi connectivity index (χ4v) is 2.55. The van der Waals surface area contributed by atoms with Crippen LogP contribution in [0.4, 0.5) is 0 Å². The van der Waals surface area contributed by atoms with Gasteiger partial charge in [0.2, 0.25) is 5.91 Å². The summed E-state index contributed by atoms with van der Waals surface area (Å²) in [6.45, 7) is 9.72. The average molecular weight is 256 g/mol. The second-order valence-corrected chi connectivity index (χ2v) is 6.10. The monoisotopic (exact) mass is 256 g/mol. The van der Waals surface area contributed by atoms with Crippen molar-refractivity contribution >= 4 is 5.91 Å². The number of nitrogens with zero attached hydrogens (tertiary/aromatic N) is 1. The van der Waals surface area contributed by atoms with Crippen molar-refractivity contribution in [3.63, 3.8) is 0 Å². The summed E-state index contributed by atoms with van der Waals surface area (Å²) in [6.07, 6.45) is 2.95. The van der Waals surface area contributed by atoms with E-state index in [0.29, 0.717) is 31.5 Å². The van der Waals surface area contributed by atoms with Crippen LogP contribution in [0.15, 0.2) is 0 Å². The Hall–Kier alpha value is -0.610. The van der Waals surface area contributed by atoms with Crippen LogP contribution in [0, 0.1) is 5.92 Å². The summed E-state index contributed by atoms with van der Waals surface area (Å²) in [5, 5.41) is 13.2. The first-order valence-corrected chi connectivity index (χ1v) is 7.07. The Bertz CT molecular complexity index is 273. The third kappa shape index (κ3) is 4.94. The Labute approximate surface area is 111 Å². The highest BCUT2D eigenvalue weighted by Gasteiger charge is 2.27. The van der Waals surface area contributed by atoms with E-state index in [-0.39, 0.29) is 5.91 Å². The van der Waals surface area contributed by atoms with Crippen molar-refractivity contribution in [2.45, 2.75) is 58.6 Å². The van der Waals surface area contributed by atoms with E-state index in [9.17, 15) is 9.90 Å². The van der Waals surface area contributed by atoms with E-state index >= 15 is 0 Å². The van der Waals surface area contributed by atoms with Crippen LogP contribution in [0.2, 0.25) is 0 Å². The molecule has 2 atom stereocenters. The molecule has 1 fully saturated rings. The van der Waals surface area contributed by atoms with Gasteiger partial charge < -0.3 is 15.3 Å². The van der Waals surface area contributed by atoms with E-state index < -0.39 is 5.60 Å². The minimum atomic E-state index is -0.822. The average Bonchev–Trinajstić information content (AvgIpc) is 2.27. The summed E-state index contributed by atoms with van der Waals surface area (Å²) in [5.41, 5.74) is -0.822. The Morgan fingerprint density at radius 1 is 1.50 bits per heavy atom. The molecule has 0 bridgehead atoms. The van der Waals surface area contributed by atoms with E-state index in [1.165, 1.54) is 12.8 Å². The van der Waals surface area contributed by atoms with Crippen molar-refractivity contribution in [2.75, 3.05) is 19.6 Å². The van der Waals surface area contributed by atoms with Gasteiger partial charge in [0, 0.05) is 25.6 Å². The zero-order valence-corrected chi connectivity index (χ0v) is 12.2. The molecule has 1 heterocycles. The van der Waals surface area contributed by atoms with Crippen LogP contribution in [0.1, 0.15) is 47.0 Å². The molecule has 4 heteroatoms. The predicted octanol–water partition coefficient (Wildman–Crippen LogP) is 1.38. The fourth-order valence-electron chi connectivity index (χ4n) is 2.55. The summed E-state index contributed by atoms with van der Waals surface area (Å²) in [7, 11) is 0. The molecule has 1 aliphatic heterocycles. The molecule has 1 aliphatic rings. The molecule has 1 saturated heterocycles. The van der Waals surface area contributed by atoms with Crippen molar-refractivity contribution in [2.24, 2.45) is 5.92 Å². The minimum Gasteiger partial charge on any atom is -0.389 e. The van der Waals surface area contributed by atoms with Gasteiger partial charge in [0.25, 0.3) is 0 Å². The van der Waals surface area contributed by atoms with E-state index in [1.807, 2.05) is 6.92 Å². The fraction of sp³-hybridized carbons (Fsp3) is 0.929. The minimum absolute atomic E-state index is 0.144. The summed E-state index contributed by atoms with van der Waals surface area (Å²) >= 11 is 0. The third-order valence-corrected chi connectivity index (χ3v) is 3.64. The molecule has 2 unspecified atom stereocenters. The standard InChI is InChI=1S/C14H28N2O2/c1-5-16(10-14(3,4)18)13(17)9-12-11(2)7-6-8-15-12/h11-12,15,18H,5-10H2,1-4H3. The van der Waals surface area contributed by atoms with Crippen molar-refractivity contribution in [1.82, 2.24) is 10.2 Å². The van der Waals surface area contributed by atoms with Gasteiger partial charge in [-0.1, -0.05) is 6.92 Å². The molecule has 4 nitrogen and oxygen atoms in total. The number of hydrogen-bond donors (Lipinski definition) is 2. The molecule has 18 heavy (non-hydrogen) atoms. The lowest BCUT2D eigenvalue weighted by atomic mass is 9.90. The molecule has 0 aromatic carbocycles. The van der Waals surface area contributed by atoms with Gasteiger partial charge in [-0.15, -0.1) is 0 Å². The van der Waals surface area contributed by atoms with Gasteiger partial charge in [-0.25, -0.2) is 0 Å². The van der Waals surface area contributed by atoms with Crippen molar-refractivity contribution in [3.05, 3.63) is 0 Å². The van der Waals surface area contributed by atoms with E-state index in [2.05, 4.69) is 12.2 Å². The number of hydrogen-bond acceptors (Lipinski definition) is 3. The second-order valence-electron chi connectivity index (χ2n) is 6.10. The first-order valence-electron chi connectivity index (χ1n) is 7.07. The predicted molar refractivity (Wildman–Crippen MR) is 73.4 cm³/mol. The van der Waals surface area contributed by atoms with E-state index in [4.69, 9.17) is 0 Å². The Balaban J connectivity index is 2.51. The van der Waals surface area contributed by atoms with Crippen LogP contribution in [-0.2, 0) is 4.79 Å². The largest absolute Gasteiger partial charge is 0.389 e. The molecule has 0 saturated carbocycles. The maximum Gasteiger partial charge on any atom is 0.224 e. The highest BCUT2D eigenvalue weighted by Crippen LogP contribution is 2.19. The van der Waals surface area contributed by atoms with Crippen LogP contribution in [0.3, 0.4) is 0 Å². The quantitative estimate of drug-likeness (QED) is 0.781. The molecule has 2 N–H and O–H groups in total. The maximum absolute atomic E-state index is 12.2. The number of likely N-dealkylation sites (N-methyl/N-ethyl adjacent to an activating group) is 1. The van der Waals surface area contributed by atoms with Crippen LogP contribution in [0.5, 0.6) is 0 Å². The number of carbonyl (C=O) groups excluding carboxylic acids is 1. The molecule has 1 amide bonds. The lowest BCUT2D eigenvalue weighted by Crippen LogP contribution is -2.47. The molecule has 1 rings (SSSR count). The number of piperidine rings is 1. The van der Waals surface area contributed by atoms with Crippen molar-refractivity contribution in [3.8, 4) is 0 Å². The number of amides is 1. The summed E-state index contributed by atoms with van der Waals surface area (Å²) in [6, 6.07) is 0.294. The van der Waals surface area contributed by atoms with Crippen LogP contribution in [0.25, 0.3) is 0 Å². The summed E-state index contributed by atoms with van der Waals surface area (Å²) in [5.74, 6) is 0.703. The Morgan fingerprint density at radius 2 is 2.17 bits per heavy atom. The van der Waals surface area contributed by atoms with Crippen LogP contribution < -0.4 is 5.32 Å². The third-order valence-electron chi connectivity index (χ3n) is 3.64. The van der Waals surface area contributed by atoms with Crippen molar-refractivity contribution in [1.29, 1.82) is 0 Å². The van der Waals surface area contributed by atoms with Crippen molar-refractivity contribution < 1.29 is 9.90 Å². The molecular weight excluding hydrogens is 228 g/mol. The number of aliphatic hydroxyl groups is 1. The molecule has 0 aromatic heterocycles. The summed E-state index contributed by atoms with van der Waals surface area (Å²) < 4.78 is 0. The highest BCUT2D eigenvalue weighted by atomic mass is 16.3. The lowest BCUT2D eigenvalue weighted by molar-refractivity contribution is -0.134. The van der Waals surface area contributed by atoms with Gasteiger partial charge in [0.15, 0.2) is 0 Å². The molecule has 0 aliphatic carbocycles. The van der Waals surface area contributed by atoms with Gasteiger partial charge >= 0.3 is 0 Å². The number of nitrogens with one attached hydrogen (secondary N) is 1. The zero-order chi connectivity index (χ0) is 13.8.